The molecule has 0 bridgehead atoms. The number of ketones is 1. The van der Waals surface area contributed by atoms with Gasteiger partial charge in [0.2, 0.25) is 0 Å². The summed E-state index contributed by atoms with van der Waals surface area (Å²) in [6.07, 6.45) is 7.67. The van der Waals surface area contributed by atoms with E-state index in [0.717, 1.165) is 31.2 Å². The van der Waals surface area contributed by atoms with Crippen LogP contribution in [-0.2, 0) is 7.05 Å². The minimum Gasteiger partial charge on any atom is -0.294 e. The third-order valence-corrected chi connectivity index (χ3v) is 2.76. The Labute approximate surface area is 91.5 Å². The van der Waals surface area contributed by atoms with Crippen LogP contribution in [0.25, 0.3) is 0 Å². The van der Waals surface area contributed by atoms with Crippen LogP contribution >= 0.6 is 0 Å². The average Bonchev–Trinajstić information content (AvgIpc) is 2.65. The fraction of sp³-hybridized carbons (Fsp3) is 0.667. The molecule has 0 saturated carbocycles. The number of hydrogen-bond acceptors (Lipinski definition) is 2. The third kappa shape index (κ3) is 3.18. The van der Waals surface area contributed by atoms with Gasteiger partial charge in [-0.1, -0.05) is 26.7 Å². The molecule has 0 aromatic carbocycles. The van der Waals surface area contributed by atoms with Gasteiger partial charge in [0.15, 0.2) is 5.78 Å². The Hall–Kier alpha value is -1.12. The molecule has 0 aliphatic carbocycles. The molecule has 0 amide bonds. The zero-order valence-corrected chi connectivity index (χ0v) is 9.86. The van der Waals surface area contributed by atoms with Crippen molar-refractivity contribution >= 4 is 5.78 Å². The Morgan fingerprint density at radius 3 is 2.73 bits per heavy atom. The molecule has 1 aromatic heterocycles. The van der Waals surface area contributed by atoms with Gasteiger partial charge in [-0.15, -0.1) is 0 Å². The predicted molar refractivity (Wildman–Crippen MR) is 60.8 cm³/mol. The fourth-order valence-electron chi connectivity index (χ4n) is 1.76. The molecule has 1 unspecified atom stereocenters. The van der Waals surface area contributed by atoms with Crippen molar-refractivity contribution in [2.24, 2.45) is 13.0 Å². The zero-order valence-electron chi connectivity index (χ0n) is 9.86. The maximum absolute atomic E-state index is 12.0. The van der Waals surface area contributed by atoms with Gasteiger partial charge >= 0.3 is 0 Å². The molecule has 3 heteroatoms. The number of Topliss-reactive ketones (excluding diaryl/α,β-unsaturated/α-hetero) is 1. The molecule has 1 aromatic rings. The normalized spacial score (nSPS) is 12.7. The van der Waals surface area contributed by atoms with Crippen LogP contribution in [-0.4, -0.2) is 15.6 Å². The van der Waals surface area contributed by atoms with Crippen molar-refractivity contribution in [1.82, 2.24) is 9.78 Å². The lowest BCUT2D eigenvalue weighted by Gasteiger charge is -2.11. The Balaban J connectivity index is 2.64. The van der Waals surface area contributed by atoms with E-state index < -0.39 is 0 Å². The summed E-state index contributed by atoms with van der Waals surface area (Å²) in [5, 5.41) is 4.03. The first kappa shape index (κ1) is 12.0. The van der Waals surface area contributed by atoms with E-state index in [-0.39, 0.29) is 11.7 Å². The van der Waals surface area contributed by atoms with E-state index in [9.17, 15) is 4.79 Å². The molecule has 0 radical (unpaired) electrons. The van der Waals surface area contributed by atoms with Gasteiger partial charge in [0.1, 0.15) is 0 Å². The summed E-state index contributed by atoms with van der Waals surface area (Å²) in [5.41, 5.74) is 0.750. The highest BCUT2D eigenvalue weighted by atomic mass is 16.1. The lowest BCUT2D eigenvalue weighted by molar-refractivity contribution is 0.0908. The van der Waals surface area contributed by atoms with Crippen LogP contribution in [0.3, 0.4) is 0 Å². The summed E-state index contributed by atoms with van der Waals surface area (Å²) in [6.45, 7) is 4.23. The topological polar surface area (TPSA) is 34.9 Å². The zero-order chi connectivity index (χ0) is 11.3. The molecule has 84 valence electrons. The highest BCUT2D eigenvalue weighted by Gasteiger charge is 2.18. The van der Waals surface area contributed by atoms with Crippen LogP contribution in [0.15, 0.2) is 12.4 Å². The SMILES string of the molecule is CCCCC(CC)C(=O)c1cnn(C)c1. The number of rotatable bonds is 6. The van der Waals surface area contributed by atoms with Crippen molar-refractivity contribution in [2.45, 2.75) is 39.5 Å². The minimum atomic E-state index is 0.175. The van der Waals surface area contributed by atoms with E-state index in [1.54, 1.807) is 17.1 Å². The van der Waals surface area contributed by atoms with Gasteiger partial charge in [0, 0.05) is 19.2 Å². The van der Waals surface area contributed by atoms with Gasteiger partial charge in [-0.2, -0.15) is 5.10 Å². The number of carbonyl (C=O) groups is 1. The van der Waals surface area contributed by atoms with Gasteiger partial charge in [-0.3, -0.25) is 9.48 Å². The highest BCUT2D eigenvalue weighted by molar-refractivity contribution is 5.97. The second-order valence-electron chi connectivity index (χ2n) is 4.01. The van der Waals surface area contributed by atoms with Crippen molar-refractivity contribution < 1.29 is 4.79 Å². The van der Waals surface area contributed by atoms with Gasteiger partial charge in [0.05, 0.1) is 11.8 Å². The lowest BCUT2D eigenvalue weighted by Crippen LogP contribution is -2.13. The lowest BCUT2D eigenvalue weighted by atomic mass is 9.92. The second kappa shape index (κ2) is 5.69. The van der Waals surface area contributed by atoms with E-state index in [1.807, 2.05) is 7.05 Å². The summed E-state index contributed by atoms with van der Waals surface area (Å²) in [7, 11) is 1.84. The second-order valence-corrected chi connectivity index (χ2v) is 4.01. The molecule has 0 aliphatic rings. The van der Waals surface area contributed by atoms with Crippen molar-refractivity contribution in [1.29, 1.82) is 0 Å². The number of aromatic nitrogens is 2. The number of unbranched alkanes of at least 4 members (excludes halogenated alkanes) is 1. The first-order valence-corrected chi connectivity index (χ1v) is 5.71. The van der Waals surface area contributed by atoms with Gasteiger partial charge in [-0.25, -0.2) is 0 Å². The van der Waals surface area contributed by atoms with E-state index in [1.165, 1.54) is 0 Å². The highest BCUT2D eigenvalue weighted by Crippen LogP contribution is 2.18. The molecule has 0 spiro atoms. The van der Waals surface area contributed by atoms with Gasteiger partial charge in [-0.05, 0) is 12.8 Å². The number of aryl methyl sites for hydroxylation is 1. The standard InChI is InChI=1S/C12H20N2O/c1-4-6-7-10(5-2)12(15)11-8-13-14(3)9-11/h8-10H,4-7H2,1-3H3. The van der Waals surface area contributed by atoms with E-state index in [4.69, 9.17) is 0 Å². The van der Waals surface area contributed by atoms with Crippen LogP contribution in [0.2, 0.25) is 0 Å². The smallest absolute Gasteiger partial charge is 0.169 e. The molecule has 0 aliphatic heterocycles. The van der Waals surface area contributed by atoms with Crippen molar-refractivity contribution in [3.05, 3.63) is 18.0 Å². The van der Waals surface area contributed by atoms with Crippen molar-refractivity contribution in [3.63, 3.8) is 0 Å². The summed E-state index contributed by atoms with van der Waals surface area (Å²) < 4.78 is 1.68. The molecule has 0 saturated heterocycles. The molecular formula is C12H20N2O. The Morgan fingerprint density at radius 1 is 1.53 bits per heavy atom. The van der Waals surface area contributed by atoms with Gasteiger partial charge < -0.3 is 0 Å². The Bertz CT molecular complexity index is 317. The summed E-state index contributed by atoms with van der Waals surface area (Å²) in [6, 6.07) is 0. The van der Waals surface area contributed by atoms with Crippen LogP contribution in [0.5, 0.6) is 0 Å². The molecule has 0 N–H and O–H groups in total. The molecular weight excluding hydrogens is 188 g/mol. The first-order chi connectivity index (χ1) is 7.19. The molecule has 1 heterocycles. The maximum atomic E-state index is 12.0. The molecule has 1 atom stereocenters. The Morgan fingerprint density at radius 2 is 2.27 bits per heavy atom. The molecule has 1 rings (SSSR count). The fourth-order valence-corrected chi connectivity index (χ4v) is 1.76. The number of carbonyl (C=O) groups excluding carboxylic acids is 1. The van der Waals surface area contributed by atoms with Crippen LogP contribution < -0.4 is 0 Å². The van der Waals surface area contributed by atoms with Crippen molar-refractivity contribution in [2.75, 3.05) is 0 Å². The van der Waals surface area contributed by atoms with Crippen LogP contribution in [0.4, 0.5) is 0 Å². The molecule has 3 nitrogen and oxygen atoms in total. The van der Waals surface area contributed by atoms with Gasteiger partial charge in [0.25, 0.3) is 0 Å². The monoisotopic (exact) mass is 208 g/mol. The summed E-state index contributed by atoms with van der Waals surface area (Å²) in [4.78, 5) is 12.0. The largest absolute Gasteiger partial charge is 0.294 e. The van der Waals surface area contributed by atoms with Crippen LogP contribution in [0.1, 0.15) is 49.9 Å². The molecule has 15 heavy (non-hydrogen) atoms. The summed E-state index contributed by atoms with van der Waals surface area (Å²) >= 11 is 0. The van der Waals surface area contributed by atoms with Crippen LogP contribution in [0, 0.1) is 5.92 Å². The van der Waals surface area contributed by atoms with E-state index in [0.29, 0.717) is 0 Å². The summed E-state index contributed by atoms with van der Waals surface area (Å²) in [5.74, 6) is 0.424. The maximum Gasteiger partial charge on any atom is 0.169 e. The van der Waals surface area contributed by atoms with E-state index >= 15 is 0 Å². The van der Waals surface area contributed by atoms with E-state index in [2.05, 4.69) is 18.9 Å². The number of nitrogens with zero attached hydrogens (tertiary/aromatic N) is 2. The van der Waals surface area contributed by atoms with Crippen molar-refractivity contribution in [3.8, 4) is 0 Å². The predicted octanol–water partition coefficient (Wildman–Crippen LogP) is 2.82. The third-order valence-electron chi connectivity index (χ3n) is 2.76. The Kier molecular flexibility index (Phi) is 4.53. The first-order valence-electron chi connectivity index (χ1n) is 5.71. The average molecular weight is 208 g/mol. The quantitative estimate of drug-likeness (QED) is 0.674. The minimum absolute atomic E-state index is 0.175. The number of hydrogen-bond donors (Lipinski definition) is 0. The molecule has 0 fully saturated rings.